The maximum absolute atomic E-state index is 13.8. The van der Waals surface area contributed by atoms with Gasteiger partial charge in [0.2, 0.25) is 17.7 Å². The van der Waals surface area contributed by atoms with Crippen LogP contribution in [0, 0.1) is 20.8 Å². The normalized spacial score (nSPS) is 12.1. The molecular formula is C28H33ClN4O4. The molecular weight excluding hydrogens is 492 g/mol. The molecule has 0 saturated carbocycles. The third-order valence-corrected chi connectivity index (χ3v) is 6.05. The minimum Gasteiger partial charge on any atom is -0.360 e. The molecule has 37 heavy (non-hydrogen) atoms. The van der Waals surface area contributed by atoms with E-state index < -0.39 is 23.4 Å². The van der Waals surface area contributed by atoms with Crippen LogP contribution in [0.2, 0.25) is 5.02 Å². The van der Waals surface area contributed by atoms with Gasteiger partial charge in [-0.15, -0.1) is 0 Å². The minimum absolute atomic E-state index is 0.109. The monoisotopic (exact) mass is 524 g/mol. The zero-order chi connectivity index (χ0) is 27.3. The molecule has 196 valence electrons. The number of benzene rings is 2. The van der Waals surface area contributed by atoms with Gasteiger partial charge < -0.3 is 15.2 Å². The summed E-state index contributed by atoms with van der Waals surface area (Å²) >= 11 is 6.55. The van der Waals surface area contributed by atoms with E-state index in [9.17, 15) is 14.4 Å². The van der Waals surface area contributed by atoms with Gasteiger partial charge >= 0.3 is 0 Å². The maximum atomic E-state index is 13.8. The number of hydrogen-bond acceptors (Lipinski definition) is 5. The van der Waals surface area contributed by atoms with Gasteiger partial charge in [0.05, 0.1) is 0 Å². The molecule has 2 N–H and O–H groups in total. The van der Waals surface area contributed by atoms with E-state index in [1.54, 1.807) is 43.3 Å². The molecule has 0 fully saturated rings. The van der Waals surface area contributed by atoms with Crippen LogP contribution in [0.1, 0.15) is 62.1 Å². The molecule has 3 rings (SSSR count). The summed E-state index contributed by atoms with van der Waals surface area (Å²) in [6.45, 7) is 11.2. The van der Waals surface area contributed by atoms with E-state index in [4.69, 9.17) is 16.1 Å². The van der Waals surface area contributed by atoms with Crippen LogP contribution in [0.3, 0.4) is 0 Å². The first kappa shape index (κ1) is 27.9. The molecule has 8 nitrogen and oxygen atoms in total. The standard InChI is InChI=1S/C28H33ClN4O4/c1-17-11-12-20(15-18(17)2)33(25(35)14-13-24(34)30-23-16-19(3)37-32-23)26(27(36)31-28(4,5)6)21-9-7-8-10-22(21)29/h7-12,15-16,26H,13-14H2,1-6H3,(H,31,36)(H,30,32,34)/t26-/m0/s1. The molecule has 0 aliphatic rings. The number of carbonyl (C=O) groups is 3. The third-order valence-electron chi connectivity index (χ3n) is 5.70. The number of halogens is 1. The van der Waals surface area contributed by atoms with Gasteiger partial charge in [0.1, 0.15) is 11.8 Å². The van der Waals surface area contributed by atoms with E-state index in [0.29, 0.717) is 22.0 Å². The van der Waals surface area contributed by atoms with E-state index in [1.165, 1.54) is 4.90 Å². The first-order valence-corrected chi connectivity index (χ1v) is 12.4. The van der Waals surface area contributed by atoms with Gasteiger partial charge in [0, 0.05) is 40.7 Å². The summed E-state index contributed by atoms with van der Waals surface area (Å²) in [6.07, 6.45) is -0.248. The average Bonchev–Trinajstić information content (AvgIpc) is 3.21. The maximum Gasteiger partial charge on any atom is 0.248 e. The van der Waals surface area contributed by atoms with E-state index in [0.717, 1.165) is 11.1 Å². The van der Waals surface area contributed by atoms with Gasteiger partial charge in [-0.25, -0.2) is 0 Å². The third kappa shape index (κ3) is 7.43. The topological polar surface area (TPSA) is 105 Å². The Hall–Kier alpha value is -3.65. The van der Waals surface area contributed by atoms with Crippen LogP contribution >= 0.6 is 11.6 Å². The van der Waals surface area contributed by atoms with Crippen molar-refractivity contribution in [2.75, 3.05) is 10.2 Å². The van der Waals surface area contributed by atoms with E-state index in [1.807, 2.05) is 46.8 Å². The number of nitrogens with one attached hydrogen (secondary N) is 2. The largest absolute Gasteiger partial charge is 0.360 e. The Labute approximate surface area is 222 Å². The van der Waals surface area contributed by atoms with Crippen molar-refractivity contribution >= 4 is 40.8 Å². The summed E-state index contributed by atoms with van der Waals surface area (Å²) in [5.74, 6) is -0.340. The zero-order valence-corrected chi connectivity index (χ0v) is 22.8. The molecule has 9 heteroatoms. The number of hydrogen-bond donors (Lipinski definition) is 2. The van der Waals surface area contributed by atoms with Crippen molar-refractivity contribution in [3.05, 3.63) is 76.0 Å². The molecule has 0 saturated heterocycles. The van der Waals surface area contributed by atoms with Gasteiger partial charge in [0.25, 0.3) is 0 Å². The van der Waals surface area contributed by atoms with Gasteiger partial charge in [-0.2, -0.15) is 0 Å². The van der Waals surface area contributed by atoms with Gasteiger partial charge in [-0.05, 0) is 70.9 Å². The van der Waals surface area contributed by atoms with Gasteiger partial charge in [-0.3, -0.25) is 19.3 Å². The van der Waals surface area contributed by atoms with Crippen molar-refractivity contribution in [1.82, 2.24) is 10.5 Å². The van der Waals surface area contributed by atoms with Crippen LogP contribution in [-0.4, -0.2) is 28.4 Å². The lowest BCUT2D eigenvalue weighted by Gasteiger charge is -2.34. The van der Waals surface area contributed by atoms with Crippen LogP contribution in [0.25, 0.3) is 0 Å². The molecule has 2 aromatic carbocycles. The van der Waals surface area contributed by atoms with Crippen molar-refractivity contribution in [3.8, 4) is 0 Å². The number of carbonyl (C=O) groups excluding carboxylic acids is 3. The molecule has 0 bridgehead atoms. The predicted octanol–water partition coefficient (Wildman–Crippen LogP) is 5.66. The fourth-order valence-electron chi connectivity index (χ4n) is 3.82. The Kier molecular flexibility index (Phi) is 8.76. The summed E-state index contributed by atoms with van der Waals surface area (Å²) in [4.78, 5) is 41.5. The van der Waals surface area contributed by atoms with Crippen molar-refractivity contribution in [1.29, 1.82) is 0 Å². The number of anilines is 2. The molecule has 1 aromatic heterocycles. The zero-order valence-electron chi connectivity index (χ0n) is 22.0. The molecule has 1 atom stereocenters. The van der Waals surface area contributed by atoms with Crippen LogP contribution < -0.4 is 15.5 Å². The lowest BCUT2D eigenvalue weighted by Crippen LogP contribution is -2.49. The molecule has 3 amide bonds. The highest BCUT2D eigenvalue weighted by Crippen LogP contribution is 2.34. The Balaban J connectivity index is 2.00. The Morgan fingerprint density at radius 1 is 1.00 bits per heavy atom. The molecule has 0 aliphatic carbocycles. The van der Waals surface area contributed by atoms with Crippen molar-refractivity contribution in [2.45, 2.75) is 66.0 Å². The quantitative estimate of drug-likeness (QED) is 0.395. The fourth-order valence-corrected chi connectivity index (χ4v) is 4.06. The Bertz CT molecular complexity index is 1300. The van der Waals surface area contributed by atoms with Crippen LogP contribution in [0.5, 0.6) is 0 Å². The smallest absolute Gasteiger partial charge is 0.248 e. The predicted molar refractivity (Wildman–Crippen MR) is 145 cm³/mol. The molecule has 3 aromatic rings. The van der Waals surface area contributed by atoms with E-state index in [-0.39, 0.29) is 24.6 Å². The van der Waals surface area contributed by atoms with Gasteiger partial charge in [-0.1, -0.05) is 41.0 Å². The highest BCUT2D eigenvalue weighted by Gasteiger charge is 2.35. The molecule has 1 heterocycles. The lowest BCUT2D eigenvalue weighted by molar-refractivity contribution is -0.128. The van der Waals surface area contributed by atoms with Crippen molar-refractivity contribution in [3.63, 3.8) is 0 Å². The average molecular weight is 525 g/mol. The van der Waals surface area contributed by atoms with Gasteiger partial charge in [0.15, 0.2) is 5.82 Å². The Morgan fingerprint density at radius 2 is 1.70 bits per heavy atom. The molecule has 0 spiro atoms. The second-order valence-corrected chi connectivity index (χ2v) is 10.5. The van der Waals surface area contributed by atoms with Crippen LogP contribution in [0.4, 0.5) is 11.5 Å². The number of aromatic nitrogens is 1. The van der Waals surface area contributed by atoms with Crippen molar-refractivity contribution < 1.29 is 18.9 Å². The minimum atomic E-state index is -1.05. The summed E-state index contributed by atoms with van der Waals surface area (Å²) in [5.41, 5.74) is 2.48. The fraction of sp³-hybridized carbons (Fsp3) is 0.357. The molecule has 0 aliphatic heterocycles. The highest BCUT2D eigenvalue weighted by molar-refractivity contribution is 6.31. The number of rotatable bonds is 8. The number of aryl methyl sites for hydroxylation is 3. The number of nitrogens with zero attached hydrogens (tertiary/aromatic N) is 2. The summed E-state index contributed by atoms with van der Waals surface area (Å²) in [5, 5.41) is 9.72. The lowest BCUT2D eigenvalue weighted by atomic mass is 9.99. The first-order valence-electron chi connectivity index (χ1n) is 12.0. The number of amides is 3. The second-order valence-electron chi connectivity index (χ2n) is 10.1. The van der Waals surface area contributed by atoms with Crippen LogP contribution in [0.15, 0.2) is 53.1 Å². The van der Waals surface area contributed by atoms with Crippen LogP contribution in [-0.2, 0) is 14.4 Å². The summed E-state index contributed by atoms with van der Waals surface area (Å²) in [7, 11) is 0. The Morgan fingerprint density at radius 3 is 2.30 bits per heavy atom. The van der Waals surface area contributed by atoms with E-state index in [2.05, 4.69) is 15.8 Å². The van der Waals surface area contributed by atoms with E-state index >= 15 is 0 Å². The molecule has 0 radical (unpaired) electrons. The summed E-state index contributed by atoms with van der Waals surface area (Å²) < 4.78 is 4.97. The highest BCUT2D eigenvalue weighted by atomic mass is 35.5. The summed E-state index contributed by atoms with van der Waals surface area (Å²) in [6, 6.07) is 13.1. The van der Waals surface area contributed by atoms with Crippen molar-refractivity contribution in [2.24, 2.45) is 0 Å². The molecule has 0 unspecified atom stereocenters. The second kappa shape index (κ2) is 11.6. The first-order chi connectivity index (χ1) is 17.4. The SMILES string of the molecule is Cc1cc(NC(=O)CCC(=O)N(c2ccc(C)c(C)c2)[C@H](C(=O)NC(C)(C)C)c2ccccc2Cl)no1.